The van der Waals surface area contributed by atoms with Crippen molar-refractivity contribution in [3.05, 3.63) is 89.8 Å². The predicted molar refractivity (Wildman–Crippen MR) is 128 cm³/mol. The van der Waals surface area contributed by atoms with E-state index >= 15 is 0 Å². The van der Waals surface area contributed by atoms with Gasteiger partial charge in [0.25, 0.3) is 0 Å². The first-order valence-corrected chi connectivity index (χ1v) is 10.9. The topological polar surface area (TPSA) is 64.9 Å². The molecular weight excluding hydrogens is 422 g/mol. The first-order valence-electron chi connectivity index (χ1n) is 10.5. The Labute approximate surface area is 190 Å². The molecule has 0 radical (unpaired) electrons. The maximum Gasteiger partial charge on any atom is 0.134 e. The number of pyridine rings is 1. The number of fused-ring (bicyclic) bond motifs is 2. The summed E-state index contributed by atoms with van der Waals surface area (Å²) in [4.78, 5) is 4.38. The zero-order chi connectivity index (χ0) is 21.8. The van der Waals surface area contributed by atoms with Crippen molar-refractivity contribution in [1.82, 2.24) is 20.0 Å². The van der Waals surface area contributed by atoms with Gasteiger partial charge < -0.3 is 10.1 Å². The molecule has 7 heteroatoms. The van der Waals surface area contributed by atoms with Crippen LogP contribution in [0.5, 0.6) is 5.75 Å². The zero-order valence-electron chi connectivity index (χ0n) is 17.4. The standard InChI is InChI=1S/C25H22ClN5O/c26-20-7-9-23-24(10-12-28-25(23)15-20)27-11-3-13-31-16-21(29-30-31)17-32-22-8-6-18-4-1-2-5-19(18)14-22/h1-2,4-10,12,14-16H,3,11,13,17H2,(H,27,28). The molecule has 0 atom stereocenters. The van der Waals surface area contributed by atoms with Crippen molar-refractivity contribution >= 4 is 39.0 Å². The van der Waals surface area contributed by atoms with Crippen molar-refractivity contribution in [2.24, 2.45) is 0 Å². The number of nitrogens with one attached hydrogen (secondary N) is 1. The van der Waals surface area contributed by atoms with Crippen molar-refractivity contribution < 1.29 is 4.74 Å². The molecule has 0 bridgehead atoms. The molecule has 2 heterocycles. The summed E-state index contributed by atoms with van der Waals surface area (Å²) < 4.78 is 7.76. The molecule has 0 amide bonds. The highest BCUT2D eigenvalue weighted by molar-refractivity contribution is 6.31. The Morgan fingerprint density at radius 2 is 1.88 bits per heavy atom. The van der Waals surface area contributed by atoms with Gasteiger partial charge in [-0.25, -0.2) is 0 Å². The third-order valence-electron chi connectivity index (χ3n) is 5.28. The van der Waals surface area contributed by atoms with E-state index in [1.807, 2.05) is 59.4 Å². The van der Waals surface area contributed by atoms with E-state index in [-0.39, 0.29) is 0 Å². The molecule has 0 aliphatic heterocycles. The van der Waals surface area contributed by atoms with Gasteiger partial charge in [0.05, 0.1) is 11.7 Å². The number of aromatic nitrogens is 4. The largest absolute Gasteiger partial charge is 0.487 e. The monoisotopic (exact) mass is 443 g/mol. The van der Waals surface area contributed by atoms with Crippen molar-refractivity contribution in [3.8, 4) is 5.75 Å². The van der Waals surface area contributed by atoms with E-state index in [4.69, 9.17) is 16.3 Å². The maximum absolute atomic E-state index is 6.06. The summed E-state index contributed by atoms with van der Waals surface area (Å²) in [5.41, 5.74) is 2.74. The second-order valence-corrected chi connectivity index (χ2v) is 8.01. The quantitative estimate of drug-likeness (QED) is 0.311. The highest BCUT2D eigenvalue weighted by Crippen LogP contribution is 2.24. The minimum atomic E-state index is 0.391. The zero-order valence-corrected chi connectivity index (χ0v) is 18.2. The molecule has 2 aromatic heterocycles. The van der Waals surface area contributed by atoms with Crippen LogP contribution in [-0.4, -0.2) is 26.5 Å². The van der Waals surface area contributed by atoms with Crippen LogP contribution in [0.25, 0.3) is 21.7 Å². The minimum absolute atomic E-state index is 0.391. The van der Waals surface area contributed by atoms with Crippen molar-refractivity contribution in [1.29, 1.82) is 0 Å². The summed E-state index contributed by atoms with van der Waals surface area (Å²) >= 11 is 6.06. The van der Waals surface area contributed by atoms with Gasteiger partial charge in [0.1, 0.15) is 18.1 Å². The van der Waals surface area contributed by atoms with E-state index in [0.717, 1.165) is 52.9 Å². The van der Waals surface area contributed by atoms with E-state index in [0.29, 0.717) is 11.6 Å². The van der Waals surface area contributed by atoms with Crippen molar-refractivity contribution in [2.45, 2.75) is 19.6 Å². The lowest BCUT2D eigenvalue weighted by molar-refractivity contribution is 0.301. The van der Waals surface area contributed by atoms with E-state index in [2.05, 4.69) is 38.8 Å². The average Bonchev–Trinajstić information content (AvgIpc) is 3.28. The molecule has 5 rings (SSSR count). The van der Waals surface area contributed by atoms with Crippen LogP contribution >= 0.6 is 11.6 Å². The van der Waals surface area contributed by atoms with Gasteiger partial charge in [0, 0.05) is 35.4 Å². The number of halogens is 1. The smallest absolute Gasteiger partial charge is 0.134 e. The molecule has 5 aromatic rings. The first-order chi connectivity index (χ1) is 15.7. The highest BCUT2D eigenvalue weighted by Gasteiger charge is 2.05. The summed E-state index contributed by atoms with van der Waals surface area (Å²) in [7, 11) is 0. The SMILES string of the molecule is Clc1ccc2c(NCCCn3cc(COc4ccc5ccccc5c4)nn3)ccnc2c1. The molecule has 160 valence electrons. The summed E-state index contributed by atoms with van der Waals surface area (Å²) in [6.07, 6.45) is 4.64. The summed E-state index contributed by atoms with van der Waals surface area (Å²) in [6.45, 7) is 1.97. The molecule has 0 fully saturated rings. The second kappa shape index (κ2) is 9.24. The highest BCUT2D eigenvalue weighted by atomic mass is 35.5. The number of ether oxygens (including phenoxy) is 1. The lowest BCUT2D eigenvalue weighted by atomic mass is 10.1. The van der Waals surface area contributed by atoms with Gasteiger partial charge in [-0.1, -0.05) is 47.1 Å². The van der Waals surface area contributed by atoms with Crippen LogP contribution in [0.4, 0.5) is 5.69 Å². The molecule has 0 spiro atoms. The fraction of sp³-hybridized carbons (Fsp3) is 0.160. The Hall–Kier alpha value is -3.64. The van der Waals surface area contributed by atoms with Crippen LogP contribution in [0, 0.1) is 0 Å². The average molecular weight is 444 g/mol. The fourth-order valence-electron chi connectivity index (χ4n) is 3.67. The molecule has 0 aliphatic carbocycles. The van der Waals surface area contributed by atoms with E-state index < -0.39 is 0 Å². The Morgan fingerprint density at radius 1 is 0.969 bits per heavy atom. The Balaban J connectivity index is 1.12. The number of benzene rings is 3. The Kier molecular flexibility index (Phi) is 5.85. The second-order valence-electron chi connectivity index (χ2n) is 7.57. The van der Waals surface area contributed by atoms with E-state index in [1.165, 1.54) is 5.39 Å². The van der Waals surface area contributed by atoms with Crippen LogP contribution < -0.4 is 10.1 Å². The van der Waals surface area contributed by atoms with Crippen LogP contribution in [0.1, 0.15) is 12.1 Å². The molecule has 0 unspecified atom stereocenters. The van der Waals surface area contributed by atoms with Crippen LogP contribution in [0.3, 0.4) is 0 Å². The molecule has 0 saturated carbocycles. The normalized spacial score (nSPS) is 11.2. The molecule has 32 heavy (non-hydrogen) atoms. The van der Waals surface area contributed by atoms with Crippen LogP contribution in [-0.2, 0) is 13.2 Å². The summed E-state index contributed by atoms with van der Waals surface area (Å²) in [5, 5.41) is 16.0. The van der Waals surface area contributed by atoms with Crippen LogP contribution in [0.15, 0.2) is 79.1 Å². The van der Waals surface area contributed by atoms with Gasteiger partial charge in [0.2, 0.25) is 0 Å². The van der Waals surface area contributed by atoms with Gasteiger partial charge in [0.15, 0.2) is 0 Å². The fourth-order valence-corrected chi connectivity index (χ4v) is 3.83. The maximum atomic E-state index is 6.06. The summed E-state index contributed by atoms with van der Waals surface area (Å²) in [5.74, 6) is 0.827. The third kappa shape index (κ3) is 4.65. The number of hydrogen-bond donors (Lipinski definition) is 1. The van der Waals surface area contributed by atoms with Crippen molar-refractivity contribution in [3.63, 3.8) is 0 Å². The lowest BCUT2D eigenvalue weighted by Gasteiger charge is -2.09. The van der Waals surface area contributed by atoms with Crippen LogP contribution in [0.2, 0.25) is 5.02 Å². The predicted octanol–water partition coefficient (Wildman–Crippen LogP) is 5.71. The Bertz CT molecular complexity index is 1370. The first kappa shape index (κ1) is 20.3. The van der Waals surface area contributed by atoms with E-state index in [9.17, 15) is 0 Å². The van der Waals surface area contributed by atoms with Gasteiger partial charge in [-0.05, 0) is 53.6 Å². The molecule has 6 nitrogen and oxygen atoms in total. The van der Waals surface area contributed by atoms with Gasteiger partial charge in [-0.15, -0.1) is 5.10 Å². The number of aryl methyl sites for hydroxylation is 1. The molecular formula is C25H22ClN5O. The van der Waals surface area contributed by atoms with Gasteiger partial charge in [-0.3, -0.25) is 9.67 Å². The number of anilines is 1. The van der Waals surface area contributed by atoms with Gasteiger partial charge in [-0.2, -0.15) is 0 Å². The Morgan fingerprint density at radius 3 is 2.81 bits per heavy atom. The number of nitrogens with zero attached hydrogens (tertiary/aromatic N) is 4. The molecule has 0 saturated heterocycles. The van der Waals surface area contributed by atoms with Crippen molar-refractivity contribution in [2.75, 3.05) is 11.9 Å². The third-order valence-corrected chi connectivity index (χ3v) is 5.51. The lowest BCUT2D eigenvalue weighted by Crippen LogP contribution is -2.07. The molecule has 3 aromatic carbocycles. The molecule has 1 N–H and O–H groups in total. The minimum Gasteiger partial charge on any atom is -0.487 e. The summed E-state index contributed by atoms with van der Waals surface area (Å²) in [6, 6.07) is 22.0. The van der Waals surface area contributed by atoms with Gasteiger partial charge >= 0.3 is 0 Å². The molecule has 0 aliphatic rings. The van der Waals surface area contributed by atoms with E-state index in [1.54, 1.807) is 6.20 Å². The number of rotatable bonds is 8. The number of hydrogen-bond acceptors (Lipinski definition) is 5.